The van der Waals surface area contributed by atoms with Crippen molar-refractivity contribution in [1.82, 2.24) is 15.0 Å². The predicted molar refractivity (Wildman–Crippen MR) is 120 cm³/mol. The zero-order valence-electron chi connectivity index (χ0n) is 17.2. The van der Waals surface area contributed by atoms with Crippen molar-refractivity contribution in [2.45, 2.75) is 18.6 Å². The van der Waals surface area contributed by atoms with Gasteiger partial charge >= 0.3 is 6.18 Å². The molecule has 0 saturated heterocycles. The van der Waals surface area contributed by atoms with E-state index in [1.165, 1.54) is 18.3 Å². The molecule has 0 fully saturated rings. The SMILES string of the molecule is O=c1[nH]ccc2nc(N[C@H](CO)Cc3ccccc3)nc(Nc3cccc(C(F)(F)F)c3)c12. The Kier molecular flexibility index (Phi) is 6.27. The number of rotatable bonds is 7. The number of alkyl halides is 3. The molecule has 4 N–H and O–H groups in total. The maximum Gasteiger partial charge on any atom is 0.416 e. The molecule has 0 aliphatic rings. The fourth-order valence-corrected chi connectivity index (χ4v) is 3.40. The molecule has 1 atom stereocenters. The van der Waals surface area contributed by atoms with E-state index >= 15 is 0 Å². The highest BCUT2D eigenvalue weighted by Gasteiger charge is 2.30. The lowest BCUT2D eigenvalue weighted by atomic mass is 10.1. The molecule has 10 heteroatoms. The maximum absolute atomic E-state index is 13.1. The number of aromatic nitrogens is 3. The van der Waals surface area contributed by atoms with Crippen molar-refractivity contribution in [3.8, 4) is 0 Å². The van der Waals surface area contributed by atoms with Crippen molar-refractivity contribution in [2.24, 2.45) is 0 Å². The number of hydrogen-bond acceptors (Lipinski definition) is 6. The number of benzene rings is 2. The molecule has 0 unspecified atom stereocenters. The van der Waals surface area contributed by atoms with Gasteiger partial charge in [0.05, 0.1) is 23.7 Å². The van der Waals surface area contributed by atoms with Crippen LogP contribution in [0.15, 0.2) is 71.7 Å². The van der Waals surface area contributed by atoms with Crippen LogP contribution in [-0.4, -0.2) is 32.7 Å². The molecule has 0 aliphatic heterocycles. The van der Waals surface area contributed by atoms with Crippen LogP contribution in [0.1, 0.15) is 11.1 Å². The van der Waals surface area contributed by atoms with E-state index in [1.54, 1.807) is 6.07 Å². The lowest BCUT2D eigenvalue weighted by molar-refractivity contribution is -0.137. The van der Waals surface area contributed by atoms with E-state index < -0.39 is 23.3 Å². The van der Waals surface area contributed by atoms with Crippen molar-refractivity contribution in [1.29, 1.82) is 0 Å². The fraction of sp³-hybridized carbons (Fsp3) is 0.174. The lowest BCUT2D eigenvalue weighted by Gasteiger charge is -2.18. The van der Waals surface area contributed by atoms with Crippen LogP contribution in [0, 0.1) is 0 Å². The average molecular weight is 455 g/mol. The van der Waals surface area contributed by atoms with Crippen molar-refractivity contribution in [3.05, 3.63) is 88.3 Å². The van der Waals surface area contributed by atoms with E-state index in [1.807, 2.05) is 30.3 Å². The van der Waals surface area contributed by atoms with Crippen LogP contribution < -0.4 is 16.2 Å². The van der Waals surface area contributed by atoms with E-state index in [2.05, 4.69) is 25.6 Å². The first kappa shape index (κ1) is 22.3. The third-order valence-electron chi connectivity index (χ3n) is 4.95. The second-order valence-electron chi connectivity index (χ2n) is 7.38. The molecule has 33 heavy (non-hydrogen) atoms. The fourth-order valence-electron chi connectivity index (χ4n) is 3.40. The third-order valence-corrected chi connectivity index (χ3v) is 4.95. The number of hydrogen-bond donors (Lipinski definition) is 4. The second kappa shape index (κ2) is 9.29. The Morgan fingerprint density at radius 1 is 1.03 bits per heavy atom. The molecule has 0 aliphatic carbocycles. The molecule has 4 aromatic rings. The van der Waals surface area contributed by atoms with Gasteiger partial charge in [-0.1, -0.05) is 36.4 Å². The summed E-state index contributed by atoms with van der Waals surface area (Å²) in [6, 6.07) is 15.2. The highest BCUT2D eigenvalue weighted by Crippen LogP contribution is 2.32. The summed E-state index contributed by atoms with van der Waals surface area (Å²) < 4.78 is 39.3. The molecular weight excluding hydrogens is 435 g/mol. The quantitative estimate of drug-likeness (QED) is 0.335. The van der Waals surface area contributed by atoms with Crippen LogP contribution in [0.3, 0.4) is 0 Å². The molecule has 0 amide bonds. The topological polar surface area (TPSA) is 103 Å². The minimum absolute atomic E-state index is 0.0417. The average Bonchev–Trinajstić information content (AvgIpc) is 2.79. The Hall–Kier alpha value is -3.92. The van der Waals surface area contributed by atoms with Gasteiger partial charge in [0.1, 0.15) is 11.2 Å². The van der Waals surface area contributed by atoms with Crippen molar-refractivity contribution >= 4 is 28.4 Å². The minimum atomic E-state index is -4.51. The first-order chi connectivity index (χ1) is 15.8. The number of aromatic amines is 1. The lowest BCUT2D eigenvalue weighted by Crippen LogP contribution is -2.27. The van der Waals surface area contributed by atoms with Crippen LogP contribution in [0.2, 0.25) is 0 Å². The summed E-state index contributed by atoms with van der Waals surface area (Å²) in [5.74, 6) is 0.164. The number of aliphatic hydroxyl groups excluding tert-OH is 1. The molecule has 0 radical (unpaired) electrons. The van der Waals surface area contributed by atoms with Gasteiger partial charge < -0.3 is 20.7 Å². The summed E-state index contributed by atoms with van der Waals surface area (Å²) in [5, 5.41) is 15.8. The Labute approximate surface area is 186 Å². The summed E-state index contributed by atoms with van der Waals surface area (Å²) in [6.07, 6.45) is -2.60. The van der Waals surface area contributed by atoms with Crippen molar-refractivity contribution in [2.75, 3.05) is 17.2 Å². The largest absolute Gasteiger partial charge is 0.416 e. The molecule has 0 spiro atoms. The molecule has 7 nitrogen and oxygen atoms in total. The zero-order valence-corrected chi connectivity index (χ0v) is 17.2. The van der Waals surface area contributed by atoms with E-state index in [0.29, 0.717) is 11.9 Å². The van der Waals surface area contributed by atoms with E-state index in [0.717, 1.165) is 17.7 Å². The predicted octanol–water partition coefficient (Wildman–Crippen LogP) is 4.10. The van der Waals surface area contributed by atoms with Crippen molar-refractivity contribution in [3.63, 3.8) is 0 Å². The van der Waals surface area contributed by atoms with Crippen LogP contribution in [0.4, 0.5) is 30.6 Å². The van der Waals surface area contributed by atoms with Gasteiger partial charge in [0.15, 0.2) is 0 Å². The number of nitrogens with zero attached hydrogens (tertiary/aromatic N) is 2. The van der Waals surface area contributed by atoms with Crippen LogP contribution in [-0.2, 0) is 12.6 Å². The monoisotopic (exact) mass is 455 g/mol. The maximum atomic E-state index is 13.1. The van der Waals surface area contributed by atoms with Gasteiger partial charge in [-0.2, -0.15) is 18.2 Å². The number of aliphatic hydroxyl groups is 1. The number of pyridine rings is 1. The molecule has 0 saturated carbocycles. The molecule has 170 valence electrons. The van der Waals surface area contributed by atoms with Crippen LogP contribution >= 0.6 is 0 Å². The van der Waals surface area contributed by atoms with Crippen LogP contribution in [0.5, 0.6) is 0 Å². The summed E-state index contributed by atoms with van der Waals surface area (Å²) in [7, 11) is 0. The Morgan fingerprint density at radius 3 is 2.55 bits per heavy atom. The smallest absolute Gasteiger partial charge is 0.394 e. The van der Waals surface area contributed by atoms with E-state index in [9.17, 15) is 23.1 Å². The first-order valence-electron chi connectivity index (χ1n) is 10.1. The van der Waals surface area contributed by atoms with Crippen molar-refractivity contribution < 1.29 is 18.3 Å². The summed E-state index contributed by atoms with van der Waals surface area (Å²) in [6.45, 7) is -0.206. The van der Waals surface area contributed by atoms with Gasteiger partial charge in [0, 0.05) is 11.9 Å². The van der Waals surface area contributed by atoms with E-state index in [-0.39, 0.29) is 29.4 Å². The molecule has 2 heterocycles. The Bertz CT molecular complexity index is 1310. The second-order valence-corrected chi connectivity index (χ2v) is 7.38. The Morgan fingerprint density at radius 2 is 1.82 bits per heavy atom. The first-order valence-corrected chi connectivity index (χ1v) is 10.1. The summed E-state index contributed by atoms with van der Waals surface area (Å²) in [4.78, 5) is 23.6. The van der Waals surface area contributed by atoms with Gasteiger partial charge in [-0.3, -0.25) is 4.79 Å². The highest BCUT2D eigenvalue weighted by atomic mass is 19.4. The number of halogens is 3. The van der Waals surface area contributed by atoms with Crippen LogP contribution in [0.25, 0.3) is 10.9 Å². The van der Waals surface area contributed by atoms with Gasteiger partial charge in [-0.15, -0.1) is 0 Å². The number of H-pyrrole nitrogens is 1. The normalized spacial score (nSPS) is 12.5. The minimum Gasteiger partial charge on any atom is -0.394 e. The number of anilines is 3. The van der Waals surface area contributed by atoms with E-state index in [4.69, 9.17) is 0 Å². The zero-order chi connectivity index (χ0) is 23.4. The summed E-state index contributed by atoms with van der Waals surface area (Å²) in [5.41, 5.74) is 0.0746. The third kappa shape index (κ3) is 5.29. The molecule has 2 aromatic carbocycles. The molecule has 0 bridgehead atoms. The number of fused-ring (bicyclic) bond motifs is 1. The molecule has 2 aromatic heterocycles. The van der Waals surface area contributed by atoms with Gasteiger partial charge in [-0.25, -0.2) is 4.98 Å². The van der Waals surface area contributed by atoms with Gasteiger partial charge in [0.2, 0.25) is 5.95 Å². The standard InChI is InChI=1S/C23H20F3N5O2/c24-23(25,26)15-7-4-8-16(12-15)28-20-19-18(9-10-27-21(19)33)30-22(31-20)29-17(13-32)11-14-5-2-1-3-6-14/h1-10,12,17,32H,11,13H2,(H,27,33)(H2,28,29,30,31)/t17-/m0/s1. The van der Waals surface area contributed by atoms with Gasteiger partial charge in [0.25, 0.3) is 5.56 Å². The Balaban J connectivity index is 1.69. The molecular formula is C23H20F3N5O2. The van der Waals surface area contributed by atoms with Gasteiger partial charge in [-0.05, 0) is 36.2 Å². The molecule has 4 rings (SSSR count). The number of nitrogens with one attached hydrogen (secondary N) is 3. The highest BCUT2D eigenvalue weighted by molar-refractivity contribution is 5.90. The summed E-state index contributed by atoms with van der Waals surface area (Å²) >= 11 is 0.